The average molecular weight is 1090 g/mol. The molecule has 0 spiro atoms. The van der Waals surface area contributed by atoms with Gasteiger partial charge in [-0.15, -0.1) is 136 Å². The van der Waals surface area contributed by atoms with Gasteiger partial charge >= 0.3 is 0 Å². The van der Waals surface area contributed by atoms with Crippen molar-refractivity contribution in [1.29, 1.82) is 0 Å². The van der Waals surface area contributed by atoms with Crippen LogP contribution < -0.4 is 18.0 Å². The van der Waals surface area contributed by atoms with Gasteiger partial charge in [-0.3, -0.25) is 0 Å². The van der Waals surface area contributed by atoms with Crippen LogP contribution in [-0.2, 0) is 0 Å². The van der Waals surface area contributed by atoms with E-state index >= 15 is 0 Å². The second kappa shape index (κ2) is 12.6. The standard InChI is InChI=1S/C46H40S12Si4/c1-59(2,3)21-13-17-25-29-30-26-18-14-22(60(4,5)6)48-40(18)56-44(26)52-36(30)34-33(35(29)51-43(25)55-39(17)47-21)37-31(27-19-15-23(61(7,8)9)49-41(19)57-45(27)53-37)32-28-20-16-24(62(10,11)12)50-42(20)58-46(28)54-38(32)34/h13-16H,1-12H3. The molecule has 0 amide bonds. The number of rotatable bonds is 4. The third kappa shape index (κ3) is 5.24. The molecule has 2 aromatic carbocycles. The minimum absolute atomic E-state index is 1.48. The summed E-state index contributed by atoms with van der Waals surface area (Å²) in [5.74, 6) is 0. The Morgan fingerprint density at radius 2 is 0.435 bits per heavy atom. The van der Waals surface area contributed by atoms with Gasteiger partial charge in [0.1, 0.15) is 0 Å². The summed E-state index contributed by atoms with van der Waals surface area (Å²) in [6.45, 7) is 30.3. The highest BCUT2D eigenvalue weighted by molar-refractivity contribution is 7.56. The SMILES string of the molecule is C[Si](C)(C)c1cc2c(s1)sc1sc3c4c5sc6sc7sc([Si](C)(C)C)cc7c6c5c5c(sc6sc7sc([Si](C)(C)C)cc7c65)c4c4sc5sc6sc([Si](C)(C)C)cc6c5c4c3c12. The first-order valence-corrected chi connectivity index (χ1v) is 44.8. The molecule has 0 unspecified atom stereocenters. The van der Waals surface area contributed by atoms with Crippen molar-refractivity contribution >= 4 is 313 Å². The van der Waals surface area contributed by atoms with Crippen LogP contribution in [0, 0.1) is 0 Å². The summed E-state index contributed by atoms with van der Waals surface area (Å²) >= 11 is 25.3. The molecule has 0 bridgehead atoms. The lowest BCUT2D eigenvalue weighted by molar-refractivity contribution is 1.79. The van der Waals surface area contributed by atoms with E-state index in [9.17, 15) is 0 Å². The van der Waals surface area contributed by atoms with Crippen LogP contribution in [0.1, 0.15) is 0 Å². The molecule has 0 nitrogen and oxygen atoms in total. The zero-order valence-electron chi connectivity index (χ0n) is 36.2. The summed E-state index contributed by atoms with van der Waals surface area (Å²) < 4.78 is 24.9. The number of fused-ring (bicyclic) bond motifs is 27. The Bertz CT molecular complexity index is 3770. The Kier molecular flexibility index (Phi) is 8.16. The van der Waals surface area contributed by atoms with E-state index in [0.29, 0.717) is 0 Å². The van der Waals surface area contributed by atoms with Crippen molar-refractivity contribution in [1.82, 2.24) is 0 Å². The molecule has 14 aromatic rings. The van der Waals surface area contributed by atoms with Crippen molar-refractivity contribution in [3.05, 3.63) is 24.3 Å². The second-order valence-electron chi connectivity index (χ2n) is 21.3. The number of hydrogen-bond acceptors (Lipinski definition) is 12. The first-order chi connectivity index (χ1) is 29.2. The first kappa shape index (κ1) is 40.2. The van der Waals surface area contributed by atoms with Gasteiger partial charge in [0.05, 0.1) is 64.4 Å². The van der Waals surface area contributed by atoms with Crippen molar-refractivity contribution in [2.75, 3.05) is 0 Å². The minimum atomic E-state index is -1.48. The maximum Gasteiger partial charge on any atom is 0.0904 e. The van der Waals surface area contributed by atoms with E-state index in [1.807, 2.05) is 0 Å². The molecule has 0 saturated carbocycles. The Morgan fingerprint density at radius 3 is 0.629 bits per heavy atom. The van der Waals surface area contributed by atoms with Crippen molar-refractivity contribution < 1.29 is 0 Å². The van der Waals surface area contributed by atoms with Crippen LogP contribution in [-0.4, -0.2) is 32.3 Å². The molecular weight excluding hydrogens is 1050 g/mol. The Balaban J connectivity index is 1.27. The van der Waals surface area contributed by atoms with Gasteiger partial charge in [-0.1, -0.05) is 78.6 Å². The fourth-order valence-electron chi connectivity index (χ4n) is 9.54. The van der Waals surface area contributed by atoms with E-state index in [4.69, 9.17) is 0 Å². The third-order valence-electron chi connectivity index (χ3n) is 12.7. The van der Waals surface area contributed by atoms with Crippen LogP contribution in [0.5, 0.6) is 0 Å². The maximum absolute atomic E-state index is 2.64. The van der Waals surface area contributed by atoms with E-state index in [2.05, 4.69) is 239 Å². The molecule has 0 fully saturated rings. The Labute approximate surface area is 410 Å². The number of thiophene rings is 12. The van der Waals surface area contributed by atoms with Crippen LogP contribution in [0.2, 0.25) is 78.6 Å². The molecule has 0 aliphatic heterocycles. The van der Waals surface area contributed by atoms with Crippen molar-refractivity contribution in [3.8, 4) is 0 Å². The zero-order valence-corrected chi connectivity index (χ0v) is 50.0. The van der Waals surface area contributed by atoms with E-state index < -0.39 is 32.3 Å². The highest BCUT2D eigenvalue weighted by Gasteiger charge is 2.33. The minimum Gasteiger partial charge on any atom is -0.134 e. The van der Waals surface area contributed by atoms with Crippen LogP contribution in [0.25, 0.3) is 126 Å². The van der Waals surface area contributed by atoms with E-state index in [1.54, 1.807) is 90.7 Å². The van der Waals surface area contributed by atoms with Gasteiger partial charge in [0.25, 0.3) is 0 Å². The molecule has 0 atom stereocenters. The van der Waals surface area contributed by atoms with Gasteiger partial charge in [0.15, 0.2) is 0 Å². The van der Waals surface area contributed by atoms with Crippen LogP contribution in [0.15, 0.2) is 24.3 Å². The molecule has 0 saturated heterocycles. The molecule has 0 aliphatic carbocycles. The molecule has 0 N–H and O–H groups in total. The monoisotopic (exact) mass is 1090 g/mol. The topological polar surface area (TPSA) is 0 Å². The molecule has 62 heavy (non-hydrogen) atoms. The van der Waals surface area contributed by atoms with Crippen molar-refractivity contribution in [3.63, 3.8) is 0 Å². The summed E-state index contributed by atoms with van der Waals surface area (Å²) in [7, 11) is -5.94. The molecule has 12 aromatic heterocycles. The van der Waals surface area contributed by atoms with Gasteiger partial charge in [-0.25, -0.2) is 0 Å². The third-order valence-corrected chi connectivity index (χ3v) is 42.0. The molecule has 16 heteroatoms. The molecule has 0 aliphatic rings. The molecule has 12 heterocycles. The molecule has 0 radical (unpaired) electrons. The molecular formula is C46H40S12Si4. The normalized spacial score (nSPS) is 14.5. The summed E-state index contributed by atoms with van der Waals surface area (Å²) in [6.07, 6.45) is 0. The van der Waals surface area contributed by atoms with Gasteiger partial charge in [0.2, 0.25) is 0 Å². The second-order valence-corrected chi connectivity index (χ2v) is 57.3. The fourth-order valence-corrected chi connectivity index (χ4v) is 35.1. The van der Waals surface area contributed by atoms with Crippen LogP contribution in [0.3, 0.4) is 0 Å². The van der Waals surface area contributed by atoms with Crippen LogP contribution >= 0.6 is 136 Å². The lowest BCUT2D eigenvalue weighted by Gasteiger charge is -2.12. The zero-order chi connectivity index (χ0) is 42.6. The van der Waals surface area contributed by atoms with E-state index in [0.717, 1.165) is 0 Å². The summed E-state index contributed by atoms with van der Waals surface area (Å²) in [4.78, 5) is 0. The van der Waals surface area contributed by atoms with Gasteiger partial charge in [-0.2, -0.15) is 0 Å². The summed E-state index contributed by atoms with van der Waals surface area (Å²) in [6, 6.07) is 10.6. The average Bonchev–Trinajstić information content (AvgIpc) is 3.96. The van der Waals surface area contributed by atoms with Gasteiger partial charge in [-0.05, 0) is 42.3 Å². The summed E-state index contributed by atoms with van der Waals surface area (Å²) in [5.41, 5.74) is 0. The van der Waals surface area contributed by atoms with Crippen molar-refractivity contribution in [2.45, 2.75) is 78.6 Å². The summed E-state index contributed by atoms with van der Waals surface area (Å²) in [5, 5.41) is 21.6. The molecule has 14 rings (SSSR count). The van der Waals surface area contributed by atoms with Crippen LogP contribution in [0.4, 0.5) is 0 Å². The highest BCUT2D eigenvalue weighted by atomic mass is 32.2. The van der Waals surface area contributed by atoms with Gasteiger partial charge in [0, 0.05) is 94.2 Å². The van der Waals surface area contributed by atoms with Crippen molar-refractivity contribution in [2.24, 2.45) is 0 Å². The fraction of sp³-hybridized carbons (Fsp3) is 0.261. The van der Waals surface area contributed by atoms with Gasteiger partial charge < -0.3 is 0 Å². The predicted octanol–water partition coefficient (Wildman–Crippen LogP) is 19.6. The van der Waals surface area contributed by atoms with E-state index in [1.165, 1.54) is 53.7 Å². The number of hydrogen-bond donors (Lipinski definition) is 0. The number of benzene rings is 2. The highest BCUT2D eigenvalue weighted by Crippen LogP contribution is 2.62. The lowest BCUT2D eigenvalue weighted by atomic mass is 9.96. The van der Waals surface area contributed by atoms with E-state index in [-0.39, 0.29) is 0 Å². The quantitative estimate of drug-likeness (QED) is 0.154. The smallest absolute Gasteiger partial charge is 0.0904 e. The lowest BCUT2D eigenvalue weighted by Crippen LogP contribution is -2.34. The predicted molar refractivity (Wildman–Crippen MR) is 320 cm³/mol. The Hall–Kier alpha value is -0.912. The Morgan fingerprint density at radius 1 is 0.226 bits per heavy atom. The maximum atomic E-state index is 2.64. The largest absolute Gasteiger partial charge is 0.134 e. The molecule has 312 valence electrons. The first-order valence-electron chi connectivity index (χ1n) is 21.0.